The molecule has 0 unspecified atom stereocenters. The summed E-state index contributed by atoms with van der Waals surface area (Å²) in [5.74, 6) is 0.749. The fourth-order valence-electron chi connectivity index (χ4n) is 2.55. The zero-order valence-electron chi connectivity index (χ0n) is 12.1. The zero-order valence-corrected chi connectivity index (χ0v) is 12.1. The van der Waals surface area contributed by atoms with E-state index in [0.717, 1.165) is 11.3 Å². The monoisotopic (exact) mass is 280 g/mol. The summed E-state index contributed by atoms with van der Waals surface area (Å²) in [5, 5.41) is 4.02. The summed E-state index contributed by atoms with van der Waals surface area (Å²) in [6.45, 7) is 2.34. The van der Waals surface area contributed by atoms with Crippen LogP contribution in [0.4, 0.5) is 5.69 Å². The Bertz CT molecular complexity index is 572. The van der Waals surface area contributed by atoms with Gasteiger partial charge in [0.1, 0.15) is 0 Å². The Labute approximate surface area is 125 Å². The first-order chi connectivity index (χ1) is 10.4. The van der Waals surface area contributed by atoms with Crippen molar-refractivity contribution in [3.8, 4) is 5.75 Å². The van der Waals surface area contributed by atoms with E-state index in [2.05, 4.69) is 34.3 Å². The third kappa shape index (κ3) is 3.85. The van der Waals surface area contributed by atoms with E-state index in [9.17, 15) is 0 Å². The Kier molecular flexibility index (Phi) is 4.52. The molecular weight excluding hydrogens is 260 g/mol. The predicted molar refractivity (Wildman–Crippen MR) is 87.2 cm³/mol. The molecule has 0 radical (unpaired) electrons. The number of piperidine rings is 1. The zero-order chi connectivity index (χ0) is 14.3. The van der Waals surface area contributed by atoms with Crippen molar-refractivity contribution in [1.29, 1.82) is 0 Å². The lowest BCUT2D eigenvalue weighted by molar-refractivity contribution is 0.344. The molecule has 3 heteroatoms. The molecule has 0 bridgehead atoms. The predicted octanol–water partition coefficient (Wildman–Crippen LogP) is 4.09. The molecule has 0 spiro atoms. The van der Waals surface area contributed by atoms with E-state index in [-0.39, 0.29) is 0 Å². The van der Waals surface area contributed by atoms with E-state index in [4.69, 9.17) is 4.84 Å². The molecule has 0 atom stereocenters. The maximum Gasteiger partial charge on any atom is 0.157 e. The third-order valence-corrected chi connectivity index (χ3v) is 3.72. The van der Waals surface area contributed by atoms with Crippen molar-refractivity contribution in [2.45, 2.75) is 19.3 Å². The van der Waals surface area contributed by atoms with Gasteiger partial charge < -0.3 is 9.74 Å². The molecule has 2 aromatic carbocycles. The number of nitrogens with zero attached hydrogens (tertiary/aromatic N) is 2. The second kappa shape index (κ2) is 6.93. The minimum atomic E-state index is 0.749. The van der Waals surface area contributed by atoms with E-state index < -0.39 is 0 Å². The molecule has 0 N–H and O–H groups in total. The molecule has 0 aliphatic carbocycles. The second-order valence-corrected chi connectivity index (χ2v) is 5.28. The van der Waals surface area contributed by atoms with Crippen molar-refractivity contribution >= 4 is 11.9 Å². The summed E-state index contributed by atoms with van der Waals surface area (Å²) in [6, 6.07) is 18.1. The highest BCUT2D eigenvalue weighted by atomic mass is 16.6. The molecule has 0 aromatic heterocycles. The highest BCUT2D eigenvalue weighted by Gasteiger charge is 2.10. The summed E-state index contributed by atoms with van der Waals surface area (Å²) in [5.41, 5.74) is 2.35. The molecule has 21 heavy (non-hydrogen) atoms. The van der Waals surface area contributed by atoms with Gasteiger partial charge in [0.15, 0.2) is 5.75 Å². The fourth-order valence-corrected chi connectivity index (χ4v) is 2.55. The van der Waals surface area contributed by atoms with Crippen molar-refractivity contribution in [1.82, 2.24) is 0 Å². The first kappa shape index (κ1) is 13.7. The lowest BCUT2D eigenvalue weighted by atomic mass is 10.1. The molecular formula is C18H20N2O. The van der Waals surface area contributed by atoms with Gasteiger partial charge in [-0.15, -0.1) is 0 Å². The first-order valence-electron chi connectivity index (χ1n) is 7.52. The van der Waals surface area contributed by atoms with Crippen LogP contribution < -0.4 is 9.74 Å². The average Bonchev–Trinajstić information content (AvgIpc) is 2.57. The summed E-state index contributed by atoms with van der Waals surface area (Å²) in [6.07, 6.45) is 5.70. The van der Waals surface area contributed by atoms with Crippen LogP contribution in [0, 0.1) is 0 Å². The van der Waals surface area contributed by atoms with Gasteiger partial charge in [0.2, 0.25) is 0 Å². The summed E-state index contributed by atoms with van der Waals surface area (Å²) in [7, 11) is 0. The largest absolute Gasteiger partial charge is 0.372 e. The molecule has 108 valence electrons. The normalized spacial score (nSPS) is 15.3. The Morgan fingerprint density at radius 2 is 1.57 bits per heavy atom. The molecule has 3 rings (SSSR count). The molecule has 0 saturated carbocycles. The molecule has 1 aliphatic rings. The molecule has 1 fully saturated rings. The molecule has 0 amide bonds. The standard InChI is InChI=1S/C18H20N2O/c1-3-7-18(8-4-1)21-19-15-16-9-11-17(12-10-16)20-13-5-2-6-14-20/h1,3-4,7-12,15H,2,5-6,13-14H2. The summed E-state index contributed by atoms with van der Waals surface area (Å²) in [4.78, 5) is 7.76. The Balaban J connectivity index is 1.59. The number of para-hydroxylation sites is 1. The Morgan fingerprint density at radius 3 is 2.29 bits per heavy atom. The highest BCUT2D eigenvalue weighted by molar-refractivity contribution is 5.80. The minimum absolute atomic E-state index is 0.749. The fraction of sp³-hybridized carbons (Fsp3) is 0.278. The Morgan fingerprint density at radius 1 is 0.857 bits per heavy atom. The van der Waals surface area contributed by atoms with Crippen LogP contribution in [0.1, 0.15) is 24.8 Å². The third-order valence-electron chi connectivity index (χ3n) is 3.72. The SMILES string of the molecule is C(=NOc1ccccc1)c1ccc(N2CCCCC2)cc1. The molecule has 1 aliphatic heterocycles. The van der Waals surface area contributed by atoms with Crippen molar-refractivity contribution < 1.29 is 4.84 Å². The van der Waals surface area contributed by atoms with E-state index in [1.807, 2.05) is 30.3 Å². The van der Waals surface area contributed by atoms with Crippen LogP contribution in [-0.2, 0) is 0 Å². The topological polar surface area (TPSA) is 24.8 Å². The lowest BCUT2D eigenvalue weighted by Crippen LogP contribution is -2.29. The summed E-state index contributed by atoms with van der Waals surface area (Å²) < 4.78 is 0. The van der Waals surface area contributed by atoms with Crippen molar-refractivity contribution in [3.63, 3.8) is 0 Å². The van der Waals surface area contributed by atoms with E-state index in [0.29, 0.717) is 0 Å². The van der Waals surface area contributed by atoms with Crippen molar-refractivity contribution in [3.05, 3.63) is 60.2 Å². The molecule has 3 nitrogen and oxygen atoms in total. The second-order valence-electron chi connectivity index (χ2n) is 5.28. The number of benzene rings is 2. The van der Waals surface area contributed by atoms with Crippen LogP contribution in [0.3, 0.4) is 0 Å². The molecule has 1 heterocycles. The van der Waals surface area contributed by atoms with Crippen LogP contribution in [0.25, 0.3) is 0 Å². The van der Waals surface area contributed by atoms with Gasteiger partial charge in [-0.05, 0) is 49.1 Å². The van der Waals surface area contributed by atoms with E-state index in [1.165, 1.54) is 38.0 Å². The van der Waals surface area contributed by atoms with Gasteiger partial charge in [-0.2, -0.15) is 0 Å². The lowest BCUT2D eigenvalue weighted by Gasteiger charge is -2.28. The molecule has 2 aromatic rings. The van der Waals surface area contributed by atoms with Gasteiger partial charge >= 0.3 is 0 Å². The van der Waals surface area contributed by atoms with E-state index >= 15 is 0 Å². The van der Waals surface area contributed by atoms with Crippen molar-refractivity contribution in [2.24, 2.45) is 5.16 Å². The number of hydrogen-bond donors (Lipinski definition) is 0. The first-order valence-corrected chi connectivity index (χ1v) is 7.52. The summed E-state index contributed by atoms with van der Waals surface area (Å²) >= 11 is 0. The van der Waals surface area contributed by atoms with Crippen LogP contribution in [0.2, 0.25) is 0 Å². The van der Waals surface area contributed by atoms with E-state index in [1.54, 1.807) is 6.21 Å². The van der Waals surface area contributed by atoms with Crippen LogP contribution >= 0.6 is 0 Å². The average molecular weight is 280 g/mol. The molecule has 1 saturated heterocycles. The quantitative estimate of drug-likeness (QED) is 0.622. The smallest absolute Gasteiger partial charge is 0.157 e. The maximum atomic E-state index is 5.32. The minimum Gasteiger partial charge on any atom is -0.372 e. The number of anilines is 1. The van der Waals surface area contributed by atoms with Gasteiger partial charge in [-0.1, -0.05) is 35.5 Å². The number of rotatable bonds is 4. The van der Waals surface area contributed by atoms with Crippen LogP contribution in [0.5, 0.6) is 5.75 Å². The van der Waals surface area contributed by atoms with Crippen molar-refractivity contribution in [2.75, 3.05) is 18.0 Å². The number of oxime groups is 1. The van der Waals surface area contributed by atoms with Gasteiger partial charge in [-0.3, -0.25) is 0 Å². The van der Waals surface area contributed by atoms with Crippen LogP contribution in [-0.4, -0.2) is 19.3 Å². The van der Waals surface area contributed by atoms with Gasteiger partial charge in [-0.25, -0.2) is 0 Å². The Hall–Kier alpha value is -2.29. The van der Waals surface area contributed by atoms with Gasteiger partial charge in [0, 0.05) is 18.8 Å². The number of hydrogen-bond acceptors (Lipinski definition) is 3. The maximum absolute atomic E-state index is 5.32. The highest BCUT2D eigenvalue weighted by Crippen LogP contribution is 2.19. The van der Waals surface area contributed by atoms with Gasteiger partial charge in [0.05, 0.1) is 6.21 Å². The van der Waals surface area contributed by atoms with Gasteiger partial charge in [0.25, 0.3) is 0 Å². The van der Waals surface area contributed by atoms with Crippen LogP contribution in [0.15, 0.2) is 59.8 Å².